The number of allylic oxidation sites excluding steroid dienone is 4. The first-order chi connectivity index (χ1) is 14.1. The van der Waals surface area contributed by atoms with Crippen LogP contribution in [0.4, 0.5) is 0 Å². The van der Waals surface area contributed by atoms with Crippen LogP contribution < -0.4 is 4.73 Å². The van der Waals surface area contributed by atoms with Gasteiger partial charge >= 0.3 is 29.6 Å². The van der Waals surface area contributed by atoms with Gasteiger partial charge in [0.05, 0.1) is 5.25 Å². The van der Waals surface area contributed by atoms with E-state index in [-0.39, 0.29) is 40.4 Å². The van der Waals surface area contributed by atoms with Crippen molar-refractivity contribution in [3.05, 3.63) is 53.0 Å². The standard InChI is InChI=1S/C24H31NO4S.Na.H/c1-23-11-9-18(30(27,28)29)14-17(23)5-6-19-21-8-7-20(16-4-3-13-25(26)15-16)24(21,2)12-10-22(19)23;;/h3-5,7,13,15,18-19,21-22H,6,8-12,14H2,1-2H3,(H,27,28,29);;/t18-,19-,21-,22-,23-,24+;;/m0../s1. The van der Waals surface area contributed by atoms with Gasteiger partial charge in [0.1, 0.15) is 0 Å². The van der Waals surface area contributed by atoms with E-state index in [1.807, 2.05) is 6.07 Å². The van der Waals surface area contributed by atoms with E-state index >= 15 is 0 Å². The maximum atomic E-state index is 11.9. The molecule has 0 saturated heterocycles. The molecule has 7 heteroatoms. The molecule has 4 aliphatic rings. The van der Waals surface area contributed by atoms with Gasteiger partial charge in [-0.15, -0.1) is 0 Å². The second-order valence-corrected chi connectivity index (χ2v) is 12.1. The molecule has 2 fully saturated rings. The van der Waals surface area contributed by atoms with E-state index in [1.165, 1.54) is 17.3 Å². The molecule has 1 aromatic heterocycles. The third kappa shape index (κ3) is 3.67. The molecule has 0 amide bonds. The molecule has 0 spiro atoms. The average molecular weight is 454 g/mol. The van der Waals surface area contributed by atoms with E-state index < -0.39 is 15.4 Å². The summed E-state index contributed by atoms with van der Waals surface area (Å²) < 4.78 is 33.9. The Bertz CT molecular complexity index is 1050. The monoisotopic (exact) mass is 453 g/mol. The zero-order chi connectivity index (χ0) is 21.3. The molecule has 0 unspecified atom stereocenters. The fourth-order valence-corrected chi connectivity index (χ4v) is 8.32. The predicted octanol–water partition coefficient (Wildman–Crippen LogP) is 3.88. The summed E-state index contributed by atoms with van der Waals surface area (Å²) in [6.07, 6.45) is 14.0. The number of hydrogen-bond acceptors (Lipinski definition) is 3. The van der Waals surface area contributed by atoms with Crippen LogP contribution in [0.1, 0.15) is 64.4 Å². The summed E-state index contributed by atoms with van der Waals surface area (Å²) in [4.78, 5) is 0. The number of fused-ring (bicyclic) bond motifs is 5. The Morgan fingerprint density at radius 3 is 2.55 bits per heavy atom. The van der Waals surface area contributed by atoms with Gasteiger partial charge in [-0.1, -0.05) is 31.6 Å². The van der Waals surface area contributed by atoms with Gasteiger partial charge in [-0.05, 0) is 85.2 Å². The molecule has 31 heavy (non-hydrogen) atoms. The number of aromatic nitrogens is 1. The summed E-state index contributed by atoms with van der Waals surface area (Å²) in [5.41, 5.74) is 3.75. The van der Waals surface area contributed by atoms with Crippen LogP contribution in [0, 0.1) is 33.8 Å². The molecule has 0 aliphatic heterocycles. The fourth-order valence-electron chi connectivity index (χ4n) is 7.51. The van der Waals surface area contributed by atoms with E-state index in [1.54, 1.807) is 6.20 Å². The van der Waals surface area contributed by atoms with Gasteiger partial charge in [-0.2, -0.15) is 13.1 Å². The summed E-state index contributed by atoms with van der Waals surface area (Å²) in [6, 6.07) is 3.88. The summed E-state index contributed by atoms with van der Waals surface area (Å²) in [5, 5.41) is 11.2. The molecule has 164 valence electrons. The Balaban J connectivity index is 0.00000231. The summed E-state index contributed by atoms with van der Waals surface area (Å²) in [6.45, 7) is 4.71. The number of pyridine rings is 1. The first-order valence-electron chi connectivity index (χ1n) is 11.2. The Morgan fingerprint density at radius 1 is 1.10 bits per heavy atom. The SMILES string of the molecule is C[C@]12CC[C@H](S(=O)(=O)O)CC1=CC[C@@H]1[C@@H]2CC[C@]2(C)C(c3ccc[n+]([O-])c3)=CC[C@@H]12.[NaH]. The Morgan fingerprint density at radius 2 is 1.84 bits per heavy atom. The van der Waals surface area contributed by atoms with Crippen LogP contribution >= 0.6 is 0 Å². The molecule has 1 aromatic rings. The van der Waals surface area contributed by atoms with Gasteiger partial charge in [0, 0.05) is 11.6 Å². The third-order valence-corrected chi connectivity index (χ3v) is 10.4. The molecule has 2 saturated carbocycles. The molecular weight excluding hydrogens is 421 g/mol. The normalized spacial score (nSPS) is 39.3. The molecule has 1 N–H and O–H groups in total. The molecule has 1 heterocycles. The first kappa shape index (κ1) is 23.5. The molecule has 5 nitrogen and oxygen atoms in total. The van der Waals surface area contributed by atoms with Crippen LogP contribution in [-0.4, -0.2) is 47.8 Å². The molecule has 0 radical (unpaired) electrons. The van der Waals surface area contributed by atoms with Crippen LogP contribution in [0.3, 0.4) is 0 Å². The van der Waals surface area contributed by atoms with Crippen molar-refractivity contribution < 1.29 is 17.7 Å². The van der Waals surface area contributed by atoms with E-state index in [0.717, 1.165) is 42.4 Å². The van der Waals surface area contributed by atoms with E-state index in [0.29, 0.717) is 30.6 Å². The van der Waals surface area contributed by atoms with E-state index in [9.17, 15) is 18.2 Å². The van der Waals surface area contributed by atoms with Crippen LogP contribution in [0.25, 0.3) is 5.57 Å². The summed E-state index contributed by atoms with van der Waals surface area (Å²) in [7, 11) is -3.97. The minimum absolute atomic E-state index is 0. The van der Waals surface area contributed by atoms with Crippen molar-refractivity contribution in [2.24, 2.45) is 28.6 Å². The Hall–Kier alpha value is -0.660. The zero-order valence-corrected chi connectivity index (χ0v) is 18.6. The Labute approximate surface area is 207 Å². The van der Waals surface area contributed by atoms with Crippen molar-refractivity contribution in [3.63, 3.8) is 0 Å². The predicted molar refractivity (Wildman–Crippen MR) is 123 cm³/mol. The van der Waals surface area contributed by atoms with Gasteiger partial charge < -0.3 is 5.21 Å². The first-order valence-corrected chi connectivity index (χ1v) is 12.7. The molecule has 0 bridgehead atoms. The van der Waals surface area contributed by atoms with Gasteiger partial charge in [0.15, 0.2) is 12.4 Å². The second kappa shape index (κ2) is 7.98. The van der Waals surface area contributed by atoms with Crippen molar-refractivity contribution in [2.45, 2.75) is 64.0 Å². The van der Waals surface area contributed by atoms with Crippen molar-refractivity contribution in [1.82, 2.24) is 0 Å². The van der Waals surface area contributed by atoms with Crippen LogP contribution in [-0.2, 0) is 10.1 Å². The van der Waals surface area contributed by atoms with E-state index in [2.05, 4.69) is 32.1 Å². The Kier molecular flexibility index (Phi) is 6.05. The fraction of sp³-hybridized carbons (Fsp3) is 0.625. The average Bonchev–Trinajstić information content (AvgIpc) is 3.03. The van der Waals surface area contributed by atoms with Crippen LogP contribution in [0.2, 0.25) is 0 Å². The van der Waals surface area contributed by atoms with Crippen molar-refractivity contribution >= 4 is 45.2 Å². The quantitative estimate of drug-likeness (QED) is 0.242. The minimum atomic E-state index is -3.97. The van der Waals surface area contributed by atoms with Crippen LogP contribution in [0.5, 0.6) is 0 Å². The van der Waals surface area contributed by atoms with Gasteiger partial charge in [-0.3, -0.25) is 4.55 Å². The summed E-state index contributed by atoms with van der Waals surface area (Å²) >= 11 is 0. The van der Waals surface area contributed by atoms with Crippen molar-refractivity contribution in [2.75, 3.05) is 0 Å². The molecule has 4 aliphatic carbocycles. The molecule has 6 atom stereocenters. The third-order valence-electron chi connectivity index (χ3n) is 9.15. The zero-order valence-electron chi connectivity index (χ0n) is 17.8. The van der Waals surface area contributed by atoms with Crippen molar-refractivity contribution in [1.29, 1.82) is 0 Å². The number of rotatable bonds is 2. The second-order valence-electron chi connectivity index (χ2n) is 10.4. The summed E-state index contributed by atoms with van der Waals surface area (Å²) in [5.74, 6) is 1.70. The number of hydrogen-bond donors (Lipinski definition) is 1. The van der Waals surface area contributed by atoms with Gasteiger partial charge in [0.25, 0.3) is 10.1 Å². The molecule has 5 rings (SSSR count). The van der Waals surface area contributed by atoms with Crippen LogP contribution in [0.15, 0.2) is 42.3 Å². The molecular formula is C24H32NNaO4S. The van der Waals surface area contributed by atoms with Crippen molar-refractivity contribution in [3.8, 4) is 0 Å². The number of nitrogens with zero attached hydrogens (tertiary/aromatic N) is 1. The van der Waals surface area contributed by atoms with Gasteiger partial charge in [-0.25, -0.2) is 0 Å². The maximum absolute atomic E-state index is 11.9. The molecule has 0 aromatic carbocycles. The van der Waals surface area contributed by atoms with Gasteiger partial charge in [0.2, 0.25) is 0 Å². The topological polar surface area (TPSA) is 81.3 Å². The van der Waals surface area contributed by atoms with E-state index in [4.69, 9.17) is 0 Å².